The van der Waals surface area contributed by atoms with Gasteiger partial charge in [0.05, 0.1) is 5.56 Å². The highest BCUT2D eigenvalue weighted by Crippen LogP contribution is 2.16. The number of hydrogen-bond acceptors (Lipinski definition) is 3. The van der Waals surface area contributed by atoms with Gasteiger partial charge in [0.2, 0.25) is 5.91 Å². The molecule has 2 rings (SSSR count). The van der Waals surface area contributed by atoms with E-state index in [1.165, 1.54) is 0 Å². The van der Waals surface area contributed by atoms with E-state index in [1.54, 1.807) is 11.0 Å². The van der Waals surface area contributed by atoms with Crippen LogP contribution in [0.5, 0.6) is 0 Å². The number of carbonyl (C=O) groups is 2. The van der Waals surface area contributed by atoms with Crippen LogP contribution in [0.1, 0.15) is 23.2 Å². The second-order valence-corrected chi connectivity index (χ2v) is 5.84. The van der Waals surface area contributed by atoms with E-state index in [4.69, 9.17) is 11.6 Å². The Hall–Kier alpha value is -1.20. The Kier molecular flexibility index (Phi) is 5.94. The molecular weight excluding hydrogens is 308 g/mol. The molecule has 21 heavy (non-hydrogen) atoms. The number of carbonyl (C=O) groups excluding carboxylic acids is 2. The number of hydrogen-bond donors (Lipinski definition) is 1. The maximum Gasteiger partial charge on any atom is 0.255 e. The van der Waals surface area contributed by atoms with Gasteiger partial charge in [0.15, 0.2) is 0 Å². The zero-order chi connectivity index (χ0) is 15.2. The summed E-state index contributed by atoms with van der Waals surface area (Å²) in [6, 6.07) is 7.27. The quantitative estimate of drug-likeness (QED) is 0.681. The van der Waals surface area contributed by atoms with Crippen LogP contribution in [0.15, 0.2) is 29.2 Å². The largest absolute Gasteiger partial charge is 0.339 e. The summed E-state index contributed by atoms with van der Waals surface area (Å²) in [5.41, 5.74) is 0.614. The van der Waals surface area contributed by atoms with Crippen molar-refractivity contribution >= 4 is 36.0 Å². The van der Waals surface area contributed by atoms with Crippen LogP contribution in [0, 0.1) is 0 Å². The van der Waals surface area contributed by atoms with Crippen LogP contribution in [0.4, 0.5) is 0 Å². The molecular formula is C15H19ClN2O2S. The molecule has 1 aromatic carbocycles. The highest BCUT2D eigenvalue weighted by atomic mass is 35.5. The van der Waals surface area contributed by atoms with E-state index < -0.39 is 0 Å². The van der Waals surface area contributed by atoms with Crippen molar-refractivity contribution in [2.24, 2.45) is 0 Å². The fourth-order valence-corrected chi connectivity index (χ4v) is 2.75. The average Bonchev–Trinajstić information content (AvgIpc) is 2.52. The lowest BCUT2D eigenvalue weighted by molar-refractivity contribution is -0.132. The molecule has 0 radical (unpaired) electrons. The van der Waals surface area contributed by atoms with Crippen LogP contribution in [0.2, 0.25) is 0 Å². The molecule has 1 aromatic rings. The summed E-state index contributed by atoms with van der Waals surface area (Å²) in [7, 11) is 0. The van der Waals surface area contributed by atoms with E-state index in [-0.39, 0.29) is 11.8 Å². The van der Waals surface area contributed by atoms with Crippen molar-refractivity contribution in [1.29, 1.82) is 0 Å². The number of amides is 2. The lowest BCUT2D eigenvalue weighted by atomic mass is 10.1. The number of rotatable bonds is 4. The molecule has 1 saturated heterocycles. The summed E-state index contributed by atoms with van der Waals surface area (Å²) in [5.74, 6) is 0.605. The molecule has 0 bridgehead atoms. The van der Waals surface area contributed by atoms with Gasteiger partial charge in [-0.3, -0.25) is 9.59 Å². The Bertz CT molecular complexity index is 516. The van der Waals surface area contributed by atoms with E-state index in [0.717, 1.165) is 0 Å². The minimum Gasteiger partial charge on any atom is -0.339 e. The third-order valence-electron chi connectivity index (χ3n) is 3.58. The molecule has 0 aromatic heterocycles. The van der Waals surface area contributed by atoms with Gasteiger partial charge in [0.25, 0.3) is 5.91 Å². The van der Waals surface area contributed by atoms with Crippen molar-refractivity contribution in [3.8, 4) is 0 Å². The van der Waals surface area contributed by atoms with E-state index >= 15 is 0 Å². The van der Waals surface area contributed by atoms with Crippen molar-refractivity contribution in [3.05, 3.63) is 29.8 Å². The fourth-order valence-electron chi connectivity index (χ4n) is 2.36. The number of piperazine rings is 1. The Morgan fingerprint density at radius 3 is 2.33 bits per heavy atom. The maximum absolute atomic E-state index is 12.4. The first-order valence-corrected chi connectivity index (χ1v) is 8.02. The van der Waals surface area contributed by atoms with Gasteiger partial charge in [-0.05, 0) is 18.6 Å². The van der Waals surface area contributed by atoms with Gasteiger partial charge < -0.3 is 9.80 Å². The summed E-state index contributed by atoms with van der Waals surface area (Å²) in [6.45, 7) is 2.30. The first kappa shape index (κ1) is 16.2. The average molecular weight is 327 g/mol. The predicted octanol–water partition coefficient (Wildman–Crippen LogP) is 2.28. The van der Waals surface area contributed by atoms with Gasteiger partial charge >= 0.3 is 0 Å². The zero-order valence-corrected chi connectivity index (χ0v) is 13.4. The minimum atomic E-state index is -0.0199. The highest BCUT2D eigenvalue weighted by Gasteiger charge is 2.25. The van der Waals surface area contributed by atoms with Crippen LogP contribution in [-0.2, 0) is 4.79 Å². The van der Waals surface area contributed by atoms with Crippen LogP contribution < -0.4 is 0 Å². The monoisotopic (exact) mass is 326 g/mol. The number of benzene rings is 1. The molecule has 0 aliphatic carbocycles. The number of thiol groups is 1. The van der Waals surface area contributed by atoms with Crippen LogP contribution in [0.3, 0.4) is 0 Å². The molecule has 114 valence electrons. The number of halogens is 1. The lowest BCUT2D eigenvalue weighted by Crippen LogP contribution is -2.50. The third-order valence-corrected chi connectivity index (χ3v) is 4.24. The smallest absolute Gasteiger partial charge is 0.255 e. The number of nitrogens with zero attached hydrogens (tertiary/aromatic N) is 2. The SMILES string of the molecule is O=C(CCCCl)N1CCN(C(=O)c2ccccc2S)CC1. The van der Waals surface area contributed by atoms with Crippen molar-refractivity contribution in [2.45, 2.75) is 17.7 Å². The zero-order valence-electron chi connectivity index (χ0n) is 11.8. The summed E-state index contributed by atoms with van der Waals surface area (Å²) in [4.78, 5) is 28.6. The van der Waals surface area contributed by atoms with Crippen molar-refractivity contribution < 1.29 is 9.59 Å². The first-order chi connectivity index (χ1) is 10.1. The Morgan fingerprint density at radius 1 is 1.10 bits per heavy atom. The molecule has 0 unspecified atom stereocenters. The normalized spacial score (nSPS) is 15.1. The van der Waals surface area contributed by atoms with E-state index in [9.17, 15) is 9.59 Å². The van der Waals surface area contributed by atoms with Crippen molar-refractivity contribution in [3.63, 3.8) is 0 Å². The molecule has 0 saturated carbocycles. The fraction of sp³-hybridized carbons (Fsp3) is 0.467. The van der Waals surface area contributed by atoms with E-state index in [2.05, 4.69) is 12.6 Å². The molecule has 4 nitrogen and oxygen atoms in total. The second kappa shape index (κ2) is 7.71. The highest BCUT2D eigenvalue weighted by molar-refractivity contribution is 7.80. The van der Waals surface area contributed by atoms with Gasteiger partial charge in [0, 0.05) is 43.4 Å². The molecule has 0 N–H and O–H groups in total. The van der Waals surface area contributed by atoms with Gasteiger partial charge in [-0.25, -0.2) is 0 Å². The molecule has 1 fully saturated rings. The molecule has 1 aliphatic rings. The van der Waals surface area contributed by atoms with Crippen LogP contribution in [-0.4, -0.2) is 53.7 Å². The summed E-state index contributed by atoms with van der Waals surface area (Å²) in [6.07, 6.45) is 1.18. The summed E-state index contributed by atoms with van der Waals surface area (Å²) >= 11 is 9.92. The van der Waals surface area contributed by atoms with Gasteiger partial charge in [-0.2, -0.15) is 0 Å². The topological polar surface area (TPSA) is 40.6 Å². The molecule has 0 atom stereocenters. The molecule has 6 heteroatoms. The summed E-state index contributed by atoms with van der Waals surface area (Å²) in [5, 5.41) is 0. The Labute approximate surface area is 135 Å². The Balaban J connectivity index is 1.91. The van der Waals surface area contributed by atoms with Crippen molar-refractivity contribution in [1.82, 2.24) is 9.80 Å². The van der Waals surface area contributed by atoms with Gasteiger partial charge in [-0.15, -0.1) is 24.2 Å². The van der Waals surface area contributed by atoms with Crippen molar-refractivity contribution in [2.75, 3.05) is 32.1 Å². The Morgan fingerprint density at radius 2 is 1.71 bits per heavy atom. The minimum absolute atomic E-state index is 0.0199. The maximum atomic E-state index is 12.4. The van der Waals surface area contributed by atoms with Gasteiger partial charge in [0.1, 0.15) is 0 Å². The molecule has 1 aliphatic heterocycles. The van der Waals surface area contributed by atoms with Gasteiger partial charge in [-0.1, -0.05) is 12.1 Å². The standard InChI is InChI=1S/C15H19ClN2O2S/c16-7-3-6-14(19)17-8-10-18(11-9-17)15(20)12-4-1-2-5-13(12)21/h1-2,4-5,21H,3,6-11H2. The van der Waals surface area contributed by atoms with E-state index in [0.29, 0.717) is 55.4 Å². The predicted molar refractivity (Wildman–Crippen MR) is 86.1 cm³/mol. The third kappa shape index (κ3) is 4.14. The lowest BCUT2D eigenvalue weighted by Gasteiger charge is -2.35. The first-order valence-electron chi connectivity index (χ1n) is 7.04. The van der Waals surface area contributed by atoms with E-state index in [1.807, 2.05) is 23.1 Å². The molecule has 2 amide bonds. The van der Waals surface area contributed by atoms with Crippen LogP contribution in [0.25, 0.3) is 0 Å². The molecule has 1 heterocycles. The van der Waals surface area contributed by atoms with Crippen LogP contribution >= 0.6 is 24.2 Å². The number of alkyl halides is 1. The summed E-state index contributed by atoms with van der Waals surface area (Å²) < 4.78 is 0. The molecule has 0 spiro atoms. The second-order valence-electron chi connectivity index (χ2n) is 4.98.